The quantitative estimate of drug-likeness (QED) is 0.776. The standard InChI is InChI=1S/C11H22N4/c1-5-7-11(12-6-2)8-15-10(4)13-9(3)14-15/h11-12H,5-8H2,1-4H3. The second-order valence-corrected chi connectivity index (χ2v) is 3.93. The number of aromatic nitrogens is 3. The molecule has 0 bridgehead atoms. The first kappa shape index (κ1) is 12.2. The van der Waals surface area contributed by atoms with Crippen molar-refractivity contribution in [1.29, 1.82) is 0 Å². The maximum Gasteiger partial charge on any atom is 0.147 e. The third kappa shape index (κ3) is 3.63. The molecule has 1 atom stereocenters. The zero-order chi connectivity index (χ0) is 11.3. The Kier molecular flexibility index (Phi) is 4.75. The number of nitrogens with one attached hydrogen (secondary N) is 1. The van der Waals surface area contributed by atoms with Gasteiger partial charge < -0.3 is 5.32 Å². The second-order valence-electron chi connectivity index (χ2n) is 3.93. The van der Waals surface area contributed by atoms with Gasteiger partial charge in [-0.25, -0.2) is 9.67 Å². The first-order chi connectivity index (χ1) is 7.17. The molecule has 1 N–H and O–H groups in total. The Morgan fingerprint density at radius 1 is 1.33 bits per heavy atom. The fraction of sp³-hybridized carbons (Fsp3) is 0.818. The number of likely N-dealkylation sites (N-methyl/N-ethyl adjacent to an activating group) is 1. The average Bonchev–Trinajstić information content (AvgIpc) is 2.46. The van der Waals surface area contributed by atoms with E-state index in [0.29, 0.717) is 6.04 Å². The Balaban J connectivity index is 2.60. The lowest BCUT2D eigenvalue weighted by molar-refractivity contribution is 0.403. The Bertz CT molecular complexity index is 287. The van der Waals surface area contributed by atoms with Crippen LogP contribution in [0.15, 0.2) is 0 Å². The molecule has 4 heteroatoms. The normalized spacial score (nSPS) is 13.1. The summed E-state index contributed by atoms with van der Waals surface area (Å²) in [7, 11) is 0. The van der Waals surface area contributed by atoms with Crippen molar-refractivity contribution < 1.29 is 0 Å². The van der Waals surface area contributed by atoms with Crippen LogP contribution in [-0.2, 0) is 6.54 Å². The van der Waals surface area contributed by atoms with E-state index >= 15 is 0 Å². The van der Waals surface area contributed by atoms with Gasteiger partial charge in [-0.1, -0.05) is 20.3 Å². The number of rotatable bonds is 6. The molecule has 0 aromatic carbocycles. The molecule has 0 aliphatic carbocycles. The summed E-state index contributed by atoms with van der Waals surface area (Å²) in [6, 6.07) is 0.514. The first-order valence-electron chi connectivity index (χ1n) is 5.78. The van der Waals surface area contributed by atoms with Gasteiger partial charge in [-0.2, -0.15) is 5.10 Å². The van der Waals surface area contributed by atoms with E-state index in [1.165, 1.54) is 12.8 Å². The van der Waals surface area contributed by atoms with Crippen LogP contribution in [0.3, 0.4) is 0 Å². The van der Waals surface area contributed by atoms with E-state index in [1.807, 2.05) is 18.5 Å². The minimum Gasteiger partial charge on any atom is -0.312 e. The lowest BCUT2D eigenvalue weighted by Gasteiger charge is -2.17. The van der Waals surface area contributed by atoms with Crippen molar-refractivity contribution in [2.24, 2.45) is 0 Å². The second kappa shape index (κ2) is 5.85. The molecule has 0 saturated carbocycles. The van der Waals surface area contributed by atoms with Gasteiger partial charge in [0.25, 0.3) is 0 Å². The third-order valence-corrected chi connectivity index (χ3v) is 2.49. The van der Waals surface area contributed by atoms with E-state index in [4.69, 9.17) is 0 Å². The molecule has 0 aliphatic rings. The SMILES string of the molecule is CCCC(Cn1nc(C)nc1C)NCC. The van der Waals surface area contributed by atoms with Crippen molar-refractivity contribution >= 4 is 0 Å². The highest BCUT2D eigenvalue weighted by atomic mass is 15.3. The predicted octanol–water partition coefficient (Wildman–Crippen LogP) is 1.67. The first-order valence-corrected chi connectivity index (χ1v) is 5.78. The van der Waals surface area contributed by atoms with Crippen molar-refractivity contribution in [3.05, 3.63) is 11.6 Å². The Morgan fingerprint density at radius 3 is 2.53 bits per heavy atom. The highest BCUT2D eigenvalue weighted by molar-refractivity contribution is 4.88. The monoisotopic (exact) mass is 210 g/mol. The van der Waals surface area contributed by atoms with Crippen molar-refractivity contribution in [3.8, 4) is 0 Å². The summed E-state index contributed by atoms with van der Waals surface area (Å²) in [6.07, 6.45) is 2.39. The van der Waals surface area contributed by atoms with Crippen LogP contribution in [0.1, 0.15) is 38.3 Å². The molecule has 86 valence electrons. The van der Waals surface area contributed by atoms with Crippen molar-refractivity contribution in [2.75, 3.05) is 6.54 Å². The maximum atomic E-state index is 4.38. The summed E-state index contributed by atoms with van der Waals surface area (Å²) in [5.41, 5.74) is 0. The van der Waals surface area contributed by atoms with Gasteiger partial charge in [0, 0.05) is 6.04 Å². The minimum absolute atomic E-state index is 0.514. The van der Waals surface area contributed by atoms with Crippen molar-refractivity contribution in [1.82, 2.24) is 20.1 Å². The van der Waals surface area contributed by atoms with Crippen molar-refractivity contribution in [3.63, 3.8) is 0 Å². The Labute approximate surface area is 92.1 Å². The molecule has 0 saturated heterocycles. The summed E-state index contributed by atoms with van der Waals surface area (Å²) in [5.74, 6) is 1.87. The smallest absolute Gasteiger partial charge is 0.147 e. The number of aryl methyl sites for hydroxylation is 2. The largest absolute Gasteiger partial charge is 0.312 e. The van der Waals surface area contributed by atoms with Gasteiger partial charge in [-0.15, -0.1) is 0 Å². The van der Waals surface area contributed by atoms with Gasteiger partial charge >= 0.3 is 0 Å². The highest BCUT2D eigenvalue weighted by Gasteiger charge is 2.10. The summed E-state index contributed by atoms with van der Waals surface area (Å²) >= 11 is 0. The molecular formula is C11H22N4. The van der Waals surface area contributed by atoms with Crippen molar-refractivity contribution in [2.45, 2.75) is 53.1 Å². The lowest BCUT2D eigenvalue weighted by atomic mass is 10.1. The minimum atomic E-state index is 0.514. The number of hydrogen-bond donors (Lipinski definition) is 1. The summed E-state index contributed by atoms with van der Waals surface area (Å²) in [6.45, 7) is 10.2. The molecule has 1 unspecified atom stereocenters. The molecule has 15 heavy (non-hydrogen) atoms. The number of nitrogens with zero attached hydrogens (tertiary/aromatic N) is 3. The van der Waals surface area contributed by atoms with Gasteiger partial charge in [0.2, 0.25) is 0 Å². The van der Waals surface area contributed by atoms with Crippen LogP contribution in [-0.4, -0.2) is 27.4 Å². The van der Waals surface area contributed by atoms with E-state index in [0.717, 1.165) is 24.7 Å². The zero-order valence-electron chi connectivity index (χ0n) is 10.2. The van der Waals surface area contributed by atoms with Gasteiger partial charge in [-0.3, -0.25) is 0 Å². The van der Waals surface area contributed by atoms with E-state index in [2.05, 4.69) is 29.2 Å². The molecule has 1 rings (SSSR count). The van der Waals surface area contributed by atoms with Gasteiger partial charge in [0.05, 0.1) is 6.54 Å². The highest BCUT2D eigenvalue weighted by Crippen LogP contribution is 2.03. The van der Waals surface area contributed by atoms with Crippen LogP contribution in [0.2, 0.25) is 0 Å². The fourth-order valence-corrected chi connectivity index (χ4v) is 1.84. The van der Waals surface area contributed by atoms with Crippen LogP contribution in [0, 0.1) is 13.8 Å². The Hall–Kier alpha value is -0.900. The summed E-state index contributed by atoms with van der Waals surface area (Å²) in [4.78, 5) is 4.31. The third-order valence-electron chi connectivity index (χ3n) is 2.49. The fourth-order valence-electron chi connectivity index (χ4n) is 1.84. The number of hydrogen-bond acceptors (Lipinski definition) is 3. The van der Waals surface area contributed by atoms with E-state index < -0.39 is 0 Å². The molecule has 1 aromatic heterocycles. The van der Waals surface area contributed by atoms with Crippen LogP contribution in [0.4, 0.5) is 0 Å². The summed E-state index contributed by atoms with van der Waals surface area (Å²) < 4.78 is 2.00. The molecule has 0 fully saturated rings. The maximum absolute atomic E-state index is 4.38. The average molecular weight is 210 g/mol. The van der Waals surface area contributed by atoms with E-state index in [9.17, 15) is 0 Å². The van der Waals surface area contributed by atoms with Crippen LogP contribution >= 0.6 is 0 Å². The van der Waals surface area contributed by atoms with Crippen LogP contribution < -0.4 is 5.32 Å². The summed E-state index contributed by atoms with van der Waals surface area (Å²) in [5, 5.41) is 7.86. The van der Waals surface area contributed by atoms with Gasteiger partial charge in [0.1, 0.15) is 11.6 Å². The molecule has 0 radical (unpaired) electrons. The molecule has 0 aliphatic heterocycles. The molecule has 0 spiro atoms. The van der Waals surface area contributed by atoms with Gasteiger partial charge in [-0.05, 0) is 26.8 Å². The molecule has 1 aromatic rings. The van der Waals surface area contributed by atoms with Gasteiger partial charge in [0.15, 0.2) is 0 Å². The van der Waals surface area contributed by atoms with E-state index in [1.54, 1.807) is 0 Å². The van der Waals surface area contributed by atoms with E-state index in [-0.39, 0.29) is 0 Å². The lowest BCUT2D eigenvalue weighted by Crippen LogP contribution is -2.33. The predicted molar refractivity (Wildman–Crippen MR) is 61.9 cm³/mol. The topological polar surface area (TPSA) is 42.7 Å². The van der Waals surface area contributed by atoms with Crippen LogP contribution in [0.5, 0.6) is 0 Å². The molecule has 0 amide bonds. The molecule has 1 heterocycles. The van der Waals surface area contributed by atoms with Crippen LogP contribution in [0.25, 0.3) is 0 Å². The molecular weight excluding hydrogens is 188 g/mol. The Morgan fingerprint density at radius 2 is 2.07 bits per heavy atom. The zero-order valence-corrected chi connectivity index (χ0v) is 10.2. The molecule has 4 nitrogen and oxygen atoms in total.